The second-order valence-electron chi connectivity index (χ2n) is 5.25. The number of rotatable bonds is 2. The molecule has 17 heavy (non-hydrogen) atoms. The van der Waals surface area contributed by atoms with Crippen molar-refractivity contribution in [3.8, 4) is 0 Å². The monoisotopic (exact) mass is 253 g/mol. The first-order valence-corrected chi connectivity index (χ1v) is 5.87. The highest BCUT2D eigenvalue weighted by Crippen LogP contribution is 2.26. The van der Waals surface area contributed by atoms with Gasteiger partial charge in [-0.25, -0.2) is 0 Å². The highest BCUT2D eigenvalue weighted by molar-refractivity contribution is 5.85. The molecular formula is C14H20ClNO. The molecule has 0 unspecified atom stereocenters. The van der Waals surface area contributed by atoms with Crippen LogP contribution in [0.25, 0.3) is 0 Å². The van der Waals surface area contributed by atoms with Gasteiger partial charge in [0.25, 0.3) is 0 Å². The van der Waals surface area contributed by atoms with Gasteiger partial charge in [-0.15, -0.1) is 12.4 Å². The first-order valence-electron chi connectivity index (χ1n) is 5.87. The van der Waals surface area contributed by atoms with Crippen molar-refractivity contribution >= 4 is 18.2 Å². The fourth-order valence-corrected chi connectivity index (χ4v) is 2.30. The summed E-state index contributed by atoms with van der Waals surface area (Å²) in [6.07, 6.45) is 0.694. The van der Waals surface area contributed by atoms with Gasteiger partial charge in [-0.3, -0.25) is 9.69 Å². The molecule has 0 spiro atoms. The molecule has 1 fully saturated rings. The zero-order chi connectivity index (χ0) is 11.6. The lowest BCUT2D eigenvalue weighted by Crippen LogP contribution is -2.45. The Morgan fingerprint density at radius 2 is 1.88 bits per heavy atom. The van der Waals surface area contributed by atoms with E-state index in [-0.39, 0.29) is 17.8 Å². The number of nitrogens with zero attached hydrogens (tertiary/aromatic N) is 1. The van der Waals surface area contributed by atoms with Crippen molar-refractivity contribution in [3.63, 3.8) is 0 Å². The summed E-state index contributed by atoms with van der Waals surface area (Å²) in [4.78, 5) is 14.1. The maximum absolute atomic E-state index is 11.7. The van der Waals surface area contributed by atoms with Crippen LogP contribution in [0.1, 0.15) is 25.8 Å². The third-order valence-electron chi connectivity index (χ3n) is 3.28. The van der Waals surface area contributed by atoms with E-state index in [9.17, 15) is 4.79 Å². The van der Waals surface area contributed by atoms with Crippen LogP contribution in [0.2, 0.25) is 0 Å². The fraction of sp³-hybridized carbons (Fsp3) is 0.500. The van der Waals surface area contributed by atoms with E-state index in [2.05, 4.69) is 29.2 Å². The van der Waals surface area contributed by atoms with Crippen LogP contribution in [0, 0.1) is 5.41 Å². The average Bonchev–Trinajstić information content (AvgIpc) is 2.25. The number of piperidine rings is 1. The maximum Gasteiger partial charge on any atom is 0.141 e. The summed E-state index contributed by atoms with van der Waals surface area (Å²) in [6, 6.07) is 10.4. The number of likely N-dealkylation sites (tertiary alicyclic amines) is 1. The van der Waals surface area contributed by atoms with Crippen molar-refractivity contribution in [2.75, 3.05) is 13.1 Å². The summed E-state index contributed by atoms with van der Waals surface area (Å²) in [7, 11) is 0. The van der Waals surface area contributed by atoms with Crippen LogP contribution in [0.15, 0.2) is 30.3 Å². The number of halogens is 1. The first-order chi connectivity index (χ1) is 7.58. The van der Waals surface area contributed by atoms with Crippen molar-refractivity contribution in [3.05, 3.63) is 35.9 Å². The van der Waals surface area contributed by atoms with Gasteiger partial charge in [-0.2, -0.15) is 0 Å². The summed E-state index contributed by atoms with van der Waals surface area (Å²) in [5, 5.41) is 0. The minimum absolute atomic E-state index is 0. The lowest BCUT2D eigenvalue weighted by Gasteiger charge is -2.36. The second kappa shape index (κ2) is 5.65. The Kier molecular flexibility index (Phi) is 4.72. The third-order valence-corrected chi connectivity index (χ3v) is 3.28. The average molecular weight is 254 g/mol. The lowest BCUT2D eigenvalue weighted by atomic mass is 9.82. The molecule has 2 rings (SSSR count). The van der Waals surface area contributed by atoms with E-state index in [1.165, 1.54) is 5.56 Å². The van der Waals surface area contributed by atoms with E-state index in [0.29, 0.717) is 12.2 Å². The second-order valence-corrected chi connectivity index (χ2v) is 5.25. The summed E-state index contributed by atoms with van der Waals surface area (Å²) >= 11 is 0. The molecule has 94 valence electrons. The quantitative estimate of drug-likeness (QED) is 0.808. The number of carbonyl (C=O) groups excluding carboxylic acids is 1. The Morgan fingerprint density at radius 3 is 2.47 bits per heavy atom. The minimum Gasteiger partial charge on any atom is -0.299 e. The number of ketones is 1. The number of hydrogen-bond donors (Lipinski definition) is 0. The van der Waals surface area contributed by atoms with Crippen molar-refractivity contribution in [1.29, 1.82) is 0 Å². The summed E-state index contributed by atoms with van der Waals surface area (Å²) < 4.78 is 0. The molecule has 0 amide bonds. The van der Waals surface area contributed by atoms with Crippen LogP contribution in [-0.2, 0) is 11.3 Å². The molecule has 1 aromatic carbocycles. The highest BCUT2D eigenvalue weighted by atomic mass is 35.5. The van der Waals surface area contributed by atoms with Crippen LogP contribution >= 0.6 is 12.4 Å². The SMILES string of the molecule is CC1(C)CN(Cc2ccccc2)CCC1=O.Cl. The lowest BCUT2D eigenvalue weighted by molar-refractivity contribution is -0.131. The molecule has 1 heterocycles. The van der Waals surface area contributed by atoms with Crippen LogP contribution in [-0.4, -0.2) is 23.8 Å². The normalized spacial score (nSPS) is 19.8. The fourth-order valence-electron chi connectivity index (χ4n) is 2.30. The number of carbonyl (C=O) groups is 1. The predicted octanol–water partition coefficient (Wildman–Crippen LogP) is 2.91. The predicted molar refractivity (Wildman–Crippen MR) is 72.4 cm³/mol. The molecule has 0 atom stereocenters. The van der Waals surface area contributed by atoms with Crippen molar-refractivity contribution < 1.29 is 4.79 Å². The van der Waals surface area contributed by atoms with Crippen molar-refractivity contribution in [2.45, 2.75) is 26.8 Å². The van der Waals surface area contributed by atoms with Crippen LogP contribution < -0.4 is 0 Å². The number of hydrogen-bond acceptors (Lipinski definition) is 2. The Bertz CT molecular complexity index is 375. The number of benzene rings is 1. The minimum atomic E-state index is -0.174. The highest BCUT2D eigenvalue weighted by Gasteiger charge is 2.33. The van der Waals surface area contributed by atoms with E-state index in [0.717, 1.165) is 19.6 Å². The van der Waals surface area contributed by atoms with E-state index in [1.807, 2.05) is 19.9 Å². The van der Waals surface area contributed by atoms with Crippen molar-refractivity contribution in [2.24, 2.45) is 5.41 Å². The van der Waals surface area contributed by atoms with E-state index in [1.54, 1.807) is 0 Å². The van der Waals surface area contributed by atoms with Gasteiger partial charge in [0.2, 0.25) is 0 Å². The van der Waals surface area contributed by atoms with E-state index >= 15 is 0 Å². The molecule has 1 aliphatic rings. The Hall–Kier alpha value is -0.860. The Labute approximate surface area is 109 Å². The molecule has 0 saturated carbocycles. The molecule has 0 aromatic heterocycles. The number of Topliss-reactive ketones (excluding diaryl/α,β-unsaturated/α-hetero) is 1. The molecule has 0 radical (unpaired) electrons. The van der Waals surface area contributed by atoms with Gasteiger partial charge in [0, 0.05) is 31.5 Å². The van der Waals surface area contributed by atoms with Gasteiger partial charge in [0.05, 0.1) is 0 Å². The van der Waals surface area contributed by atoms with Crippen molar-refractivity contribution in [1.82, 2.24) is 4.90 Å². The van der Waals surface area contributed by atoms with Crippen LogP contribution in [0.3, 0.4) is 0 Å². The molecule has 3 heteroatoms. The van der Waals surface area contributed by atoms with Gasteiger partial charge in [-0.1, -0.05) is 44.2 Å². The van der Waals surface area contributed by atoms with Gasteiger partial charge in [0.1, 0.15) is 5.78 Å². The topological polar surface area (TPSA) is 20.3 Å². The van der Waals surface area contributed by atoms with Gasteiger partial charge in [-0.05, 0) is 5.56 Å². The van der Waals surface area contributed by atoms with Gasteiger partial charge >= 0.3 is 0 Å². The largest absolute Gasteiger partial charge is 0.299 e. The standard InChI is InChI=1S/C14H19NO.ClH/c1-14(2)11-15(9-8-13(14)16)10-12-6-4-3-5-7-12;/h3-7H,8-11H2,1-2H3;1H. The zero-order valence-electron chi connectivity index (χ0n) is 10.5. The van der Waals surface area contributed by atoms with Gasteiger partial charge in [0.15, 0.2) is 0 Å². The summed E-state index contributed by atoms with van der Waals surface area (Å²) in [5.74, 6) is 0.400. The molecule has 0 N–H and O–H groups in total. The molecule has 1 aromatic rings. The van der Waals surface area contributed by atoms with Crippen LogP contribution in [0.5, 0.6) is 0 Å². The molecule has 2 nitrogen and oxygen atoms in total. The van der Waals surface area contributed by atoms with Crippen LogP contribution in [0.4, 0.5) is 0 Å². The summed E-state index contributed by atoms with van der Waals surface area (Å²) in [6.45, 7) is 6.83. The van der Waals surface area contributed by atoms with E-state index < -0.39 is 0 Å². The molecule has 0 bridgehead atoms. The first kappa shape index (κ1) is 14.2. The molecule has 1 aliphatic heterocycles. The third kappa shape index (κ3) is 3.55. The molecule has 1 saturated heterocycles. The van der Waals surface area contributed by atoms with E-state index in [4.69, 9.17) is 0 Å². The smallest absolute Gasteiger partial charge is 0.141 e. The molecular weight excluding hydrogens is 234 g/mol. The Balaban J connectivity index is 0.00000144. The zero-order valence-corrected chi connectivity index (χ0v) is 11.3. The Morgan fingerprint density at radius 1 is 1.24 bits per heavy atom. The summed E-state index contributed by atoms with van der Waals surface area (Å²) in [5.41, 5.74) is 1.15. The van der Waals surface area contributed by atoms with Gasteiger partial charge < -0.3 is 0 Å². The maximum atomic E-state index is 11.7. The molecule has 0 aliphatic carbocycles.